The topological polar surface area (TPSA) is 118 Å². The number of nitrogens with one attached hydrogen (secondary N) is 3. The van der Waals surface area contributed by atoms with Crippen molar-refractivity contribution in [2.24, 2.45) is 5.10 Å². The minimum Gasteiger partial charge on any atom is -0.497 e. The molecule has 3 rings (SSSR count). The predicted octanol–water partition coefficient (Wildman–Crippen LogP) is 3.50. The molecule has 0 saturated carbocycles. The third-order valence-corrected chi connectivity index (χ3v) is 4.94. The Morgan fingerprint density at radius 3 is 2.39 bits per heavy atom. The van der Waals surface area contributed by atoms with Gasteiger partial charge < -0.3 is 20.1 Å². The van der Waals surface area contributed by atoms with Crippen molar-refractivity contribution in [3.63, 3.8) is 0 Å². The molecule has 0 aliphatic heterocycles. The van der Waals surface area contributed by atoms with Crippen LogP contribution in [-0.2, 0) is 27.1 Å². The molecule has 198 valence electrons. The fourth-order valence-electron chi connectivity index (χ4n) is 3.05. The zero-order valence-electron chi connectivity index (χ0n) is 20.0. The summed E-state index contributed by atoms with van der Waals surface area (Å²) < 4.78 is 49.0. The van der Waals surface area contributed by atoms with Crippen molar-refractivity contribution in [3.8, 4) is 11.5 Å². The largest absolute Gasteiger partial charge is 0.497 e. The Bertz CT molecular complexity index is 1310. The molecule has 0 fully saturated rings. The summed E-state index contributed by atoms with van der Waals surface area (Å²) in [5.74, 6) is -1.69. The van der Waals surface area contributed by atoms with Crippen molar-refractivity contribution in [3.05, 3.63) is 89.5 Å². The van der Waals surface area contributed by atoms with Gasteiger partial charge in [-0.3, -0.25) is 14.4 Å². The molecule has 3 aromatic rings. The molecule has 0 aliphatic rings. The molecule has 0 saturated heterocycles. The molecule has 0 heterocycles. The number of hydrogen-bond donors (Lipinski definition) is 3. The second-order valence-corrected chi connectivity index (χ2v) is 7.68. The number of hydrogen-bond acceptors (Lipinski definition) is 6. The monoisotopic (exact) mass is 528 g/mol. The summed E-state index contributed by atoms with van der Waals surface area (Å²) in [6.07, 6.45) is -3.32. The summed E-state index contributed by atoms with van der Waals surface area (Å²) in [6, 6.07) is 17.5. The van der Waals surface area contributed by atoms with Crippen molar-refractivity contribution in [2.45, 2.75) is 12.7 Å². The molecular weight excluding hydrogens is 505 g/mol. The van der Waals surface area contributed by atoms with Gasteiger partial charge in [0.2, 0.25) is 0 Å². The van der Waals surface area contributed by atoms with Crippen LogP contribution in [0.1, 0.15) is 16.7 Å². The second-order valence-electron chi connectivity index (χ2n) is 7.68. The summed E-state index contributed by atoms with van der Waals surface area (Å²) in [6.45, 7) is -0.375. The third-order valence-electron chi connectivity index (χ3n) is 4.94. The number of rotatable bonds is 9. The van der Waals surface area contributed by atoms with Gasteiger partial charge in [0.25, 0.3) is 5.91 Å². The van der Waals surface area contributed by atoms with Gasteiger partial charge in [-0.15, -0.1) is 0 Å². The highest BCUT2D eigenvalue weighted by atomic mass is 19.4. The van der Waals surface area contributed by atoms with Crippen LogP contribution in [-0.4, -0.2) is 37.7 Å². The Kier molecular flexibility index (Phi) is 9.41. The number of nitrogens with zero attached hydrogens (tertiary/aromatic N) is 1. The van der Waals surface area contributed by atoms with Crippen LogP contribution in [0.4, 0.5) is 18.9 Å². The van der Waals surface area contributed by atoms with Gasteiger partial charge in [-0.05, 0) is 48.0 Å². The first-order valence-corrected chi connectivity index (χ1v) is 11.1. The average Bonchev–Trinajstić information content (AvgIpc) is 2.91. The lowest BCUT2D eigenvalue weighted by Gasteiger charge is -2.11. The van der Waals surface area contributed by atoms with Gasteiger partial charge in [0.1, 0.15) is 11.5 Å². The number of para-hydroxylation sites is 1. The normalized spacial score (nSPS) is 11.1. The van der Waals surface area contributed by atoms with E-state index in [2.05, 4.69) is 21.2 Å². The number of methoxy groups -OCH3 is 1. The minimum atomic E-state index is -4.54. The number of halogens is 3. The van der Waals surface area contributed by atoms with Crippen molar-refractivity contribution in [1.82, 2.24) is 10.7 Å². The molecule has 12 heteroatoms. The van der Waals surface area contributed by atoms with E-state index < -0.39 is 36.1 Å². The van der Waals surface area contributed by atoms with Crippen LogP contribution >= 0.6 is 0 Å². The maximum atomic E-state index is 12.8. The number of carbonyl (C=O) groups excluding carboxylic acids is 3. The molecule has 0 unspecified atom stereocenters. The number of carbonyl (C=O) groups is 3. The first-order chi connectivity index (χ1) is 18.2. The van der Waals surface area contributed by atoms with Crippen molar-refractivity contribution < 1.29 is 37.0 Å². The lowest BCUT2D eigenvalue weighted by atomic mass is 10.2. The molecule has 0 aromatic heterocycles. The van der Waals surface area contributed by atoms with E-state index in [1.165, 1.54) is 31.5 Å². The van der Waals surface area contributed by atoms with Gasteiger partial charge in [0.15, 0.2) is 6.61 Å². The van der Waals surface area contributed by atoms with Gasteiger partial charge in [-0.25, -0.2) is 5.43 Å². The highest BCUT2D eigenvalue weighted by molar-refractivity contribution is 6.35. The van der Waals surface area contributed by atoms with Crippen LogP contribution in [0.15, 0.2) is 77.9 Å². The molecule has 0 aliphatic carbocycles. The highest BCUT2D eigenvalue weighted by Crippen LogP contribution is 2.30. The van der Waals surface area contributed by atoms with Crippen LogP contribution in [0, 0.1) is 0 Å². The predicted molar refractivity (Wildman–Crippen MR) is 133 cm³/mol. The van der Waals surface area contributed by atoms with E-state index in [-0.39, 0.29) is 18.0 Å². The summed E-state index contributed by atoms with van der Waals surface area (Å²) in [5, 5.41) is 8.54. The smallest absolute Gasteiger partial charge is 0.416 e. The maximum Gasteiger partial charge on any atom is 0.416 e. The molecule has 38 heavy (non-hydrogen) atoms. The van der Waals surface area contributed by atoms with E-state index in [1.807, 2.05) is 0 Å². The van der Waals surface area contributed by atoms with E-state index in [1.54, 1.807) is 42.5 Å². The van der Waals surface area contributed by atoms with Crippen LogP contribution in [0.5, 0.6) is 11.5 Å². The SMILES string of the molecule is COc1ccc(CNC(=O)C(=O)N/N=C\c2ccccc2OCC(=O)Nc2cccc(C(F)(F)F)c2)cc1. The molecule has 0 bridgehead atoms. The van der Waals surface area contributed by atoms with E-state index in [0.29, 0.717) is 11.3 Å². The van der Waals surface area contributed by atoms with Crippen LogP contribution < -0.4 is 25.5 Å². The average molecular weight is 528 g/mol. The van der Waals surface area contributed by atoms with Gasteiger partial charge in [-0.1, -0.05) is 30.3 Å². The molecule has 0 atom stereocenters. The Morgan fingerprint density at radius 2 is 1.68 bits per heavy atom. The van der Waals surface area contributed by atoms with Gasteiger partial charge in [0.05, 0.1) is 18.9 Å². The molecule has 9 nitrogen and oxygen atoms in total. The molecule has 0 spiro atoms. The maximum absolute atomic E-state index is 12.8. The van der Waals surface area contributed by atoms with Gasteiger partial charge >= 0.3 is 18.0 Å². The molecule has 0 radical (unpaired) electrons. The molecule has 3 N–H and O–H groups in total. The fraction of sp³-hybridized carbons (Fsp3) is 0.154. The summed E-state index contributed by atoms with van der Waals surface area (Å²) in [5.41, 5.74) is 2.31. The lowest BCUT2D eigenvalue weighted by molar-refractivity contribution is -0.139. The third kappa shape index (κ3) is 8.36. The zero-order valence-corrected chi connectivity index (χ0v) is 20.0. The minimum absolute atomic E-state index is 0.0312. The van der Waals surface area contributed by atoms with E-state index in [4.69, 9.17) is 9.47 Å². The molecule has 3 amide bonds. The Hall–Kier alpha value is -4.87. The number of ether oxygens (including phenoxy) is 2. The summed E-state index contributed by atoms with van der Waals surface area (Å²) in [7, 11) is 1.54. The quantitative estimate of drug-likeness (QED) is 0.223. The molecule has 3 aromatic carbocycles. The van der Waals surface area contributed by atoms with E-state index in [0.717, 1.165) is 17.7 Å². The standard InChI is InChI=1S/C26H23F3N4O5/c1-37-21-11-9-17(10-12-21)14-30-24(35)25(36)33-31-15-18-5-2-3-8-22(18)38-16-23(34)32-20-7-4-6-19(13-20)26(27,28)29/h2-13,15H,14,16H2,1H3,(H,30,35)(H,32,34)(H,33,36)/b31-15-. The fourth-order valence-corrected chi connectivity index (χ4v) is 3.05. The number of hydrazone groups is 1. The van der Waals surface area contributed by atoms with Gasteiger partial charge in [0, 0.05) is 17.8 Å². The number of amides is 3. The van der Waals surface area contributed by atoms with E-state index >= 15 is 0 Å². The second kappa shape index (κ2) is 12.9. The number of alkyl halides is 3. The Labute approximate surface area is 215 Å². The first-order valence-electron chi connectivity index (χ1n) is 11.1. The lowest BCUT2D eigenvalue weighted by Crippen LogP contribution is -2.37. The van der Waals surface area contributed by atoms with E-state index in [9.17, 15) is 27.6 Å². The van der Waals surface area contributed by atoms with Crippen LogP contribution in [0.3, 0.4) is 0 Å². The first kappa shape index (κ1) is 27.7. The highest BCUT2D eigenvalue weighted by Gasteiger charge is 2.30. The van der Waals surface area contributed by atoms with Crippen LogP contribution in [0.2, 0.25) is 0 Å². The van der Waals surface area contributed by atoms with Crippen molar-refractivity contribution in [1.29, 1.82) is 0 Å². The Balaban J connectivity index is 1.50. The summed E-state index contributed by atoms with van der Waals surface area (Å²) >= 11 is 0. The zero-order chi connectivity index (χ0) is 27.5. The number of anilines is 1. The van der Waals surface area contributed by atoms with Crippen LogP contribution in [0.25, 0.3) is 0 Å². The molecular formula is C26H23F3N4O5. The van der Waals surface area contributed by atoms with Gasteiger partial charge in [-0.2, -0.15) is 18.3 Å². The van der Waals surface area contributed by atoms with Crippen molar-refractivity contribution in [2.75, 3.05) is 19.0 Å². The van der Waals surface area contributed by atoms with Crippen molar-refractivity contribution >= 4 is 29.6 Å². The number of benzene rings is 3. The Morgan fingerprint density at radius 1 is 0.947 bits per heavy atom. The summed E-state index contributed by atoms with van der Waals surface area (Å²) in [4.78, 5) is 36.2.